The van der Waals surface area contributed by atoms with E-state index in [0.29, 0.717) is 13.1 Å². The lowest BCUT2D eigenvalue weighted by Gasteiger charge is -2.19. The van der Waals surface area contributed by atoms with Crippen molar-refractivity contribution in [1.29, 1.82) is 0 Å². The number of benzene rings is 2. The van der Waals surface area contributed by atoms with Crippen molar-refractivity contribution in [2.24, 2.45) is 0 Å². The number of nitrogens with zero attached hydrogens (tertiary/aromatic N) is 2. The number of hydrogen-bond acceptors (Lipinski definition) is 2. The van der Waals surface area contributed by atoms with Gasteiger partial charge in [-0.25, -0.2) is 13.6 Å². The number of anilines is 2. The highest BCUT2D eigenvalue weighted by atomic mass is 19.2. The summed E-state index contributed by atoms with van der Waals surface area (Å²) in [5, 5.41) is 2.86. The first-order chi connectivity index (χ1) is 12.8. The number of carbonyl (C=O) groups is 2. The minimum Gasteiger partial charge on any atom is -0.324 e. The second-order valence-corrected chi connectivity index (χ2v) is 6.78. The zero-order chi connectivity index (χ0) is 19.7. The highest BCUT2D eigenvalue weighted by Gasteiger charge is 2.31. The molecule has 7 heteroatoms. The third kappa shape index (κ3) is 3.92. The number of hydrogen-bond donors (Lipinski definition) is 1. The minimum atomic E-state index is -1.01. The van der Waals surface area contributed by atoms with Crippen molar-refractivity contribution in [2.45, 2.75) is 20.8 Å². The van der Waals surface area contributed by atoms with Gasteiger partial charge in [-0.15, -0.1) is 0 Å². The normalized spacial score (nSPS) is 14.0. The first kappa shape index (κ1) is 18.8. The van der Waals surface area contributed by atoms with Gasteiger partial charge in [0.25, 0.3) is 0 Å². The van der Waals surface area contributed by atoms with Crippen LogP contribution in [0.15, 0.2) is 30.3 Å². The average molecular weight is 373 g/mol. The topological polar surface area (TPSA) is 52.7 Å². The fourth-order valence-corrected chi connectivity index (χ4v) is 3.35. The van der Waals surface area contributed by atoms with Crippen LogP contribution >= 0.6 is 0 Å². The summed E-state index contributed by atoms with van der Waals surface area (Å²) in [7, 11) is 0. The van der Waals surface area contributed by atoms with Gasteiger partial charge in [-0.1, -0.05) is 17.7 Å². The summed E-state index contributed by atoms with van der Waals surface area (Å²) in [4.78, 5) is 27.7. The standard InChI is InChI=1S/C20H21F2N3O2/c1-12-8-13(2)19(14(3)9-12)23-18(26)11-24-6-7-25(20(24)27)15-4-5-16(21)17(22)10-15/h4-5,8-10H,6-7,11H2,1-3H3,(H,23,26). The van der Waals surface area contributed by atoms with E-state index in [1.54, 1.807) is 0 Å². The Bertz CT molecular complexity index is 891. The number of halogens is 2. The highest BCUT2D eigenvalue weighted by Crippen LogP contribution is 2.24. The molecule has 1 aliphatic rings. The summed E-state index contributed by atoms with van der Waals surface area (Å²) in [6, 6.07) is 6.86. The molecule has 0 radical (unpaired) electrons. The Hall–Kier alpha value is -2.96. The number of nitrogens with one attached hydrogen (secondary N) is 1. The maximum Gasteiger partial charge on any atom is 0.325 e. The van der Waals surface area contributed by atoms with Crippen LogP contribution in [0.1, 0.15) is 16.7 Å². The van der Waals surface area contributed by atoms with Crippen molar-refractivity contribution in [1.82, 2.24) is 4.90 Å². The molecule has 3 amide bonds. The molecule has 0 aliphatic carbocycles. The van der Waals surface area contributed by atoms with E-state index in [1.165, 1.54) is 15.9 Å². The van der Waals surface area contributed by atoms with Crippen molar-refractivity contribution in [3.05, 3.63) is 58.7 Å². The molecule has 1 saturated heterocycles. The molecule has 0 bridgehead atoms. The van der Waals surface area contributed by atoms with Crippen molar-refractivity contribution in [3.8, 4) is 0 Å². The Kier molecular flexibility index (Phi) is 5.12. The molecule has 1 aliphatic heterocycles. The van der Waals surface area contributed by atoms with Gasteiger partial charge in [-0.3, -0.25) is 9.69 Å². The van der Waals surface area contributed by atoms with Gasteiger partial charge >= 0.3 is 6.03 Å². The summed E-state index contributed by atoms with van der Waals surface area (Å²) >= 11 is 0. The maximum atomic E-state index is 13.4. The summed E-state index contributed by atoms with van der Waals surface area (Å²) in [6.45, 7) is 6.35. The summed E-state index contributed by atoms with van der Waals surface area (Å²) in [5.41, 5.74) is 4.04. The molecule has 0 unspecified atom stereocenters. The predicted molar refractivity (Wildman–Crippen MR) is 100.0 cm³/mol. The van der Waals surface area contributed by atoms with E-state index in [2.05, 4.69) is 5.32 Å². The summed E-state index contributed by atoms with van der Waals surface area (Å²) in [5.74, 6) is -2.28. The quantitative estimate of drug-likeness (QED) is 0.887. The zero-order valence-electron chi connectivity index (χ0n) is 15.5. The van der Waals surface area contributed by atoms with Crippen LogP contribution in [0.3, 0.4) is 0 Å². The Morgan fingerprint density at radius 1 is 1.04 bits per heavy atom. The smallest absolute Gasteiger partial charge is 0.324 e. The van der Waals surface area contributed by atoms with E-state index in [4.69, 9.17) is 0 Å². The molecular formula is C20H21F2N3O2. The number of carbonyl (C=O) groups excluding carboxylic acids is 2. The molecule has 1 fully saturated rings. The van der Waals surface area contributed by atoms with Crippen molar-refractivity contribution < 1.29 is 18.4 Å². The van der Waals surface area contributed by atoms with Gasteiger partial charge in [0.1, 0.15) is 6.54 Å². The van der Waals surface area contributed by atoms with Crippen LogP contribution in [0.4, 0.5) is 25.0 Å². The van der Waals surface area contributed by atoms with Gasteiger partial charge < -0.3 is 10.2 Å². The molecule has 27 heavy (non-hydrogen) atoms. The number of urea groups is 1. The minimum absolute atomic E-state index is 0.105. The number of amides is 3. The van der Waals surface area contributed by atoms with E-state index in [-0.39, 0.29) is 18.1 Å². The molecule has 2 aromatic rings. The second-order valence-electron chi connectivity index (χ2n) is 6.78. The lowest BCUT2D eigenvalue weighted by molar-refractivity contribution is -0.116. The largest absolute Gasteiger partial charge is 0.325 e. The van der Waals surface area contributed by atoms with Crippen LogP contribution < -0.4 is 10.2 Å². The molecular weight excluding hydrogens is 352 g/mol. The molecule has 0 spiro atoms. The van der Waals surface area contributed by atoms with Crippen LogP contribution in [-0.4, -0.2) is 36.5 Å². The Balaban J connectivity index is 1.67. The molecule has 1 heterocycles. The lowest BCUT2D eigenvalue weighted by atomic mass is 10.1. The van der Waals surface area contributed by atoms with E-state index >= 15 is 0 Å². The fourth-order valence-electron chi connectivity index (χ4n) is 3.35. The van der Waals surface area contributed by atoms with E-state index < -0.39 is 17.7 Å². The first-order valence-corrected chi connectivity index (χ1v) is 8.65. The molecule has 2 aromatic carbocycles. The summed E-state index contributed by atoms with van der Waals surface area (Å²) in [6.07, 6.45) is 0. The SMILES string of the molecule is Cc1cc(C)c(NC(=O)CN2CCN(c3ccc(F)c(F)c3)C2=O)c(C)c1. The maximum absolute atomic E-state index is 13.4. The summed E-state index contributed by atoms with van der Waals surface area (Å²) < 4.78 is 26.5. The van der Waals surface area contributed by atoms with E-state index in [1.807, 2.05) is 32.9 Å². The second kappa shape index (κ2) is 7.34. The van der Waals surface area contributed by atoms with Crippen LogP contribution in [-0.2, 0) is 4.79 Å². The van der Waals surface area contributed by atoms with Crippen LogP contribution in [0.2, 0.25) is 0 Å². The molecule has 0 saturated carbocycles. The van der Waals surface area contributed by atoms with Gasteiger partial charge in [0, 0.05) is 30.5 Å². The van der Waals surface area contributed by atoms with Crippen molar-refractivity contribution in [3.63, 3.8) is 0 Å². The fraction of sp³-hybridized carbons (Fsp3) is 0.300. The van der Waals surface area contributed by atoms with Gasteiger partial charge in [-0.05, 0) is 44.0 Å². The van der Waals surface area contributed by atoms with Gasteiger partial charge in [-0.2, -0.15) is 0 Å². The number of aryl methyl sites for hydroxylation is 3. The lowest BCUT2D eigenvalue weighted by Crippen LogP contribution is -2.37. The van der Waals surface area contributed by atoms with Gasteiger partial charge in [0.15, 0.2) is 11.6 Å². The van der Waals surface area contributed by atoms with Crippen LogP contribution in [0, 0.1) is 32.4 Å². The molecule has 0 atom stereocenters. The first-order valence-electron chi connectivity index (χ1n) is 8.65. The highest BCUT2D eigenvalue weighted by molar-refractivity contribution is 5.99. The van der Waals surface area contributed by atoms with Crippen molar-refractivity contribution in [2.75, 3.05) is 29.9 Å². The molecule has 0 aromatic heterocycles. The molecule has 3 rings (SSSR count). The molecule has 1 N–H and O–H groups in total. The average Bonchev–Trinajstić information content (AvgIpc) is 2.94. The molecule has 142 valence electrons. The third-order valence-electron chi connectivity index (χ3n) is 4.59. The molecule has 5 nitrogen and oxygen atoms in total. The van der Waals surface area contributed by atoms with E-state index in [0.717, 1.165) is 34.5 Å². The Labute approximate surface area is 156 Å². The van der Waals surface area contributed by atoms with E-state index in [9.17, 15) is 18.4 Å². The Morgan fingerprint density at radius 2 is 1.70 bits per heavy atom. The van der Waals surface area contributed by atoms with Gasteiger partial charge in [0.2, 0.25) is 5.91 Å². The van der Waals surface area contributed by atoms with Crippen LogP contribution in [0.25, 0.3) is 0 Å². The van der Waals surface area contributed by atoms with Crippen molar-refractivity contribution >= 4 is 23.3 Å². The third-order valence-corrected chi connectivity index (χ3v) is 4.59. The number of rotatable bonds is 4. The predicted octanol–water partition coefficient (Wildman–Crippen LogP) is 3.77. The Morgan fingerprint density at radius 3 is 2.33 bits per heavy atom. The van der Waals surface area contributed by atoms with Gasteiger partial charge in [0.05, 0.1) is 0 Å². The monoisotopic (exact) mass is 373 g/mol. The zero-order valence-corrected chi connectivity index (χ0v) is 15.5. The van der Waals surface area contributed by atoms with Crippen LogP contribution in [0.5, 0.6) is 0 Å².